The number of sulfone groups is 1. The van der Waals surface area contributed by atoms with E-state index >= 15 is 0 Å². The van der Waals surface area contributed by atoms with Crippen LogP contribution < -0.4 is 0 Å². The standard InChI is InChI=1S/C15H14ClNO4S2/c1-22-15-12(14(21-17-15)8-3-4-8)13(18)10-6-5-9(16)7-11(10)23(2,19)20/h5-8H,3-4H2,1-2H3. The first-order chi connectivity index (χ1) is 10.8. The first-order valence-corrected chi connectivity index (χ1v) is 10.4. The minimum absolute atomic E-state index is 0.0787. The monoisotopic (exact) mass is 371 g/mol. The van der Waals surface area contributed by atoms with Crippen LogP contribution in [0.15, 0.2) is 32.6 Å². The van der Waals surface area contributed by atoms with Crippen LogP contribution >= 0.6 is 23.4 Å². The molecule has 23 heavy (non-hydrogen) atoms. The molecular weight excluding hydrogens is 358 g/mol. The molecule has 0 aliphatic heterocycles. The zero-order valence-corrected chi connectivity index (χ0v) is 14.9. The Morgan fingerprint density at radius 2 is 2.09 bits per heavy atom. The fourth-order valence-electron chi connectivity index (χ4n) is 2.39. The van der Waals surface area contributed by atoms with Crippen molar-refractivity contribution in [2.45, 2.75) is 28.7 Å². The summed E-state index contributed by atoms with van der Waals surface area (Å²) in [6, 6.07) is 4.24. The Hall–Kier alpha value is -1.31. The van der Waals surface area contributed by atoms with Crippen LogP contribution in [0.3, 0.4) is 0 Å². The van der Waals surface area contributed by atoms with Gasteiger partial charge >= 0.3 is 0 Å². The highest BCUT2D eigenvalue weighted by atomic mass is 35.5. The van der Waals surface area contributed by atoms with E-state index in [4.69, 9.17) is 16.1 Å². The van der Waals surface area contributed by atoms with Gasteiger partial charge in [0, 0.05) is 22.8 Å². The summed E-state index contributed by atoms with van der Waals surface area (Å²) >= 11 is 7.19. The molecule has 0 spiro atoms. The van der Waals surface area contributed by atoms with Gasteiger partial charge < -0.3 is 4.52 Å². The molecule has 122 valence electrons. The van der Waals surface area contributed by atoms with Crippen molar-refractivity contribution < 1.29 is 17.7 Å². The van der Waals surface area contributed by atoms with Gasteiger partial charge in [0.05, 0.1) is 10.5 Å². The van der Waals surface area contributed by atoms with Crippen molar-refractivity contribution in [3.8, 4) is 0 Å². The number of benzene rings is 1. The Labute approximate surface area is 143 Å². The molecule has 5 nitrogen and oxygen atoms in total. The summed E-state index contributed by atoms with van der Waals surface area (Å²) in [5, 5.41) is 4.69. The van der Waals surface area contributed by atoms with Crippen molar-refractivity contribution in [1.82, 2.24) is 5.16 Å². The molecule has 1 aliphatic rings. The lowest BCUT2D eigenvalue weighted by atomic mass is 10.0. The maximum absolute atomic E-state index is 13.0. The molecule has 1 aliphatic carbocycles. The van der Waals surface area contributed by atoms with Crippen LogP contribution in [0.2, 0.25) is 5.02 Å². The normalized spacial score (nSPS) is 14.9. The number of aromatic nitrogens is 1. The molecule has 8 heteroatoms. The molecule has 0 unspecified atom stereocenters. The lowest BCUT2D eigenvalue weighted by Crippen LogP contribution is -2.11. The number of carbonyl (C=O) groups excluding carboxylic acids is 1. The second kappa shape index (κ2) is 5.96. The Morgan fingerprint density at radius 1 is 1.39 bits per heavy atom. The highest BCUT2D eigenvalue weighted by Crippen LogP contribution is 2.44. The summed E-state index contributed by atoms with van der Waals surface area (Å²) in [5.74, 6) is 0.347. The zero-order chi connectivity index (χ0) is 16.8. The van der Waals surface area contributed by atoms with Crippen LogP contribution in [0.1, 0.15) is 40.4 Å². The van der Waals surface area contributed by atoms with Crippen molar-refractivity contribution in [2.24, 2.45) is 0 Å². The topological polar surface area (TPSA) is 77.2 Å². The highest BCUT2D eigenvalue weighted by molar-refractivity contribution is 7.98. The van der Waals surface area contributed by atoms with E-state index in [0.717, 1.165) is 19.1 Å². The summed E-state index contributed by atoms with van der Waals surface area (Å²) in [5.41, 5.74) is 0.463. The van der Waals surface area contributed by atoms with E-state index < -0.39 is 15.6 Å². The lowest BCUT2D eigenvalue weighted by Gasteiger charge is -2.08. The summed E-state index contributed by atoms with van der Waals surface area (Å²) in [6.45, 7) is 0. The second-order valence-corrected chi connectivity index (χ2v) is 8.66. The van der Waals surface area contributed by atoms with Crippen LogP contribution in [0.4, 0.5) is 0 Å². The van der Waals surface area contributed by atoms with E-state index in [2.05, 4.69) is 5.16 Å². The summed E-state index contributed by atoms with van der Waals surface area (Å²) < 4.78 is 29.4. The number of rotatable bonds is 5. The van der Waals surface area contributed by atoms with Gasteiger partial charge in [0.15, 0.2) is 20.6 Å². The van der Waals surface area contributed by atoms with Crippen LogP contribution in [0, 0.1) is 0 Å². The number of hydrogen-bond donors (Lipinski definition) is 0. The first-order valence-electron chi connectivity index (χ1n) is 6.90. The van der Waals surface area contributed by atoms with Gasteiger partial charge in [0.2, 0.25) is 5.78 Å². The van der Waals surface area contributed by atoms with Crippen molar-refractivity contribution in [3.05, 3.63) is 40.1 Å². The molecule has 0 atom stereocenters. The fraction of sp³-hybridized carbons (Fsp3) is 0.333. The van der Waals surface area contributed by atoms with Crippen molar-refractivity contribution in [1.29, 1.82) is 0 Å². The molecule has 2 aromatic rings. The van der Waals surface area contributed by atoms with Crippen LogP contribution in [-0.4, -0.2) is 31.9 Å². The Morgan fingerprint density at radius 3 is 2.65 bits per heavy atom. The molecular formula is C15H14ClNO4S2. The van der Waals surface area contributed by atoms with Crippen molar-refractivity contribution >= 4 is 39.0 Å². The number of thioether (sulfide) groups is 1. The molecule has 0 amide bonds. The summed E-state index contributed by atoms with van der Waals surface area (Å²) in [7, 11) is -3.59. The molecule has 1 saturated carbocycles. The largest absolute Gasteiger partial charge is 0.359 e. The third kappa shape index (κ3) is 3.18. The first kappa shape index (κ1) is 16.5. The van der Waals surface area contributed by atoms with Crippen LogP contribution in [0.25, 0.3) is 0 Å². The van der Waals surface area contributed by atoms with Gasteiger partial charge in [0.25, 0.3) is 0 Å². The number of hydrogen-bond acceptors (Lipinski definition) is 6. The molecule has 0 bridgehead atoms. The van der Waals surface area contributed by atoms with E-state index in [1.165, 1.54) is 30.0 Å². The predicted octanol–water partition coefficient (Wildman–Crippen LogP) is 3.56. The fourth-order valence-corrected chi connectivity index (χ4v) is 4.03. The average Bonchev–Trinajstić information content (AvgIpc) is 3.24. The molecule has 1 fully saturated rings. The number of halogens is 1. The Bertz CT molecular complexity index is 885. The molecule has 0 N–H and O–H groups in total. The average molecular weight is 372 g/mol. The molecule has 1 aromatic carbocycles. The molecule has 1 heterocycles. The van der Waals surface area contributed by atoms with E-state index in [9.17, 15) is 13.2 Å². The van der Waals surface area contributed by atoms with Crippen LogP contribution in [0.5, 0.6) is 0 Å². The van der Waals surface area contributed by atoms with E-state index in [1.807, 2.05) is 0 Å². The van der Waals surface area contributed by atoms with Gasteiger partial charge in [-0.3, -0.25) is 4.79 Å². The Kier molecular flexibility index (Phi) is 4.29. The molecule has 1 aromatic heterocycles. The Balaban J connectivity index is 2.17. The van der Waals surface area contributed by atoms with Crippen molar-refractivity contribution in [3.63, 3.8) is 0 Å². The second-order valence-electron chi connectivity index (χ2n) is 5.45. The SMILES string of the molecule is CSc1noc(C2CC2)c1C(=O)c1ccc(Cl)cc1S(C)(=O)=O. The minimum Gasteiger partial charge on any atom is -0.359 e. The van der Waals surface area contributed by atoms with Gasteiger partial charge in [-0.15, -0.1) is 11.8 Å². The van der Waals surface area contributed by atoms with E-state index in [1.54, 1.807) is 6.26 Å². The van der Waals surface area contributed by atoms with Gasteiger partial charge in [-0.2, -0.15) is 0 Å². The number of nitrogens with zero attached hydrogens (tertiary/aromatic N) is 1. The lowest BCUT2D eigenvalue weighted by molar-refractivity contribution is 0.103. The van der Waals surface area contributed by atoms with Gasteiger partial charge in [-0.05, 0) is 37.3 Å². The van der Waals surface area contributed by atoms with Gasteiger partial charge in [-0.25, -0.2) is 8.42 Å². The summed E-state index contributed by atoms with van der Waals surface area (Å²) in [4.78, 5) is 12.9. The smallest absolute Gasteiger partial charge is 0.200 e. The quantitative estimate of drug-likeness (QED) is 0.590. The van der Waals surface area contributed by atoms with E-state index in [0.29, 0.717) is 16.3 Å². The number of ketones is 1. The predicted molar refractivity (Wildman–Crippen MR) is 88.3 cm³/mol. The van der Waals surface area contributed by atoms with E-state index in [-0.39, 0.29) is 21.4 Å². The molecule has 3 rings (SSSR count). The van der Waals surface area contributed by atoms with Crippen molar-refractivity contribution in [2.75, 3.05) is 12.5 Å². The maximum Gasteiger partial charge on any atom is 0.200 e. The third-order valence-corrected chi connectivity index (χ3v) is 5.68. The molecule has 0 saturated heterocycles. The van der Waals surface area contributed by atoms with Crippen LogP contribution in [-0.2, 0) is 9.84 Å². The highest BCUT2D eigenvalue weighted by Gasteiger charge is 2.36. The third-order valence-electron chi connectivity index (χ3n) is 3.64. The maximum atomic E-state index is 13.0. The minimum atomic E-state index is -3.59. The van der Waals surface area contributed by atoms with Gasteiger partial charge in [0.1, 0.15) is 0 Å². The van der Waals surface area contributed by atoms with Gasteiger partial charge in [-0.1, -0.05) is 16.8 Å². The summed E-state index contributed by atoms with van der Waals surface area (Å²) in [6.07, 6.45) is 4.75. The zero-order valence-electron chi connectivity index (χ0n) is 12.5. The number of carbonyl (C=O) groups is 1. The molecule has 0 radical (unpaired) electrons.